The monoisotopic (exact) mass is 537 g/mol. The lowest BCUT2D eigenvalue weighted by Crippen LogP contribution is -2.33. The number of para-hydroxylation sites is 1. The molecule has 0 spiro atoms. The molecule has 3 N–H and O–H groups in total. The Hall–Kier alpha value is -4.82. The van der Waals surface area contributed by atoms with Crippen LogP contribution in [0.5, 0.6) is 5.75 Å². The molecule has 2 aliphatic rings. The van der Waals surface area contributed by atoms with Gasteiger partial charge in [-0.25, -0.2) is 9.97 Å². The number of methoxy groups -OCH3 is 1. The van der Waals surface area contributed by atoms with E-state index in [1.807, 2.05) is 41.1 Å². The maximum Gasteiger partial charge on any atom is 0.246 e. The molecule has 6 rings (SSSR count). The van der Waals surface area contributed by atoms with Crippen LogP contribution in [0.15, 0.2) is 42.7 Å². The summed E-state index contributed by atoms with van der Waals surface area (Å²) in [5.41, 5.74) is 12.0. The Balaban J connectivity index is 1.37. The van der Waals surface area contributed by atoms with Crippen molar-refractivity contribution < 1.29 is 9.53 Å². The van der Waals surface area contributed by atoms with Crippen molar-refractivity contribution in [2.24, 2.45) is 0 Å². The van der Waals surface area contributed by atoms with Crippen LogP contribution in [0.25, 0.3) is 22.2 Å². The van der Waals surface area contributed by atoms with Crippen LogP contribution < -0.4 is 25.6 Å². The normalized spacial score (nSPS) is 16.6. The maximum atomic E-state index is 12.6. The third-order valence-electron chi connectivity index (χ3n) is 7.91. The van der Waals surface area contributed by atoms with Gasteiger partial charge in [0.05, 0.1) is 52.8 Å². The van der Waals surface area contributed by atoms with Crippen molar-refractivity contribution >= 4 is 45.5 Å². The average molecular weight is 538 g/mol. The second kappa shape index (κ2) is 9.73. The molecule has 2 aliphatic heterocycles. The number of rotatable bonds is 6. The summed E-state index contributed by atoms with van der Waals surface area (Å²) in [6, 6.07) is 12.3. The molecule has 1 amide bonds. The molecule has 0 aliphatic carbocycles. The van der Waals surface area contributed by atoms with Crippen molar-refractivity contribution in [1.29, 1.82) is 5.26 Å². The number of nitriles is 1. The molecule has 4 aromatic rings. The highest BCUT2D eigenvalue weighted by Gasteiger charge is 2.28. The van der Waals surface area contributed by atoms with Crippen LogP contribution in [0.1, 0.15) is 12.0 Å². The molecule has 0 radical (unpaired) electrons. The summed E-state index contributed by atoms with van der Waals surface area (Å²) in [6.45, 7) is 2.03. The predicted octanol–water partition coefficient (Wildman–Crippen LogP) is 3.42. The minimum Gasteiger partial charge on any atom is -0.494 e. The summed E-state index contributed by atoms with van der Waals surface area (Å²) in [4.78, 5) is 27.9. The Bertz CT molecular complexity index is 1690. The van der Waals surface area contributed by atoms with E-state index in [0.29, 0.717) is 40.4 Å². The summed E-state index contributed by atoms with van der Waals surface area (Å²) in [7, 11) is 7.58. The number of likely N-dealkylation sites (N-methyl/N-ethyl adjacent to an activating group) is 2. The van der Waals surface area contributed by atoms with Gasteiger partial charge in [-0.3, -0.25) is 4.79 Å². The van der Waals surface area contributed by atoms with Crippen molar-refractivity contribution in [1.82, 2.24) is 19.4 Å². The number of nitrogens with one attached hydrogen (secondary N) is 1. The molecule has 1 saturated heterocycles. The molecule has 0 bridgehead atoms. The van der Waals surface area contributed by atoms with Gasteiger partial charge in [0.1, 0.15) is 18.4 Å². The SMILES string of the molecule is COc1cc(N2CC[C@@H](N(C)C)C2)c(N)cc1Nc1ncc(C#N)c(-c2cn3c4c(cccc24)N(C)C(=O)C3)n1. The number of nitrogens with two attached hydrogens (primary N) is 1. The fourth-order valence-electron chi connectivity index (χ4n) is 5.67. The molecular formula is C29H31N9O2. The summed E-state index contributed by atoms with van der Waals surface area (Å²) in [6.07, 6.45) is 4.46. The molecule has 204 valence electrons. The van der Waals surface area contributed by atoms with Crippen LogP contribution in [-0.4, -0.2) is 72.7 Å². The van der Waals surface area contributed by atoms with E-state index in [1.165, 1.54) is 6.20 Å². The number of nitrogen functional groups attached to an aromatic ring is 1. The maximum absolute atomic E-state index is 12.6. The zero-order valence-corrected chi connectivity index (χ0v) is 23.0. The van der Waals surface area contributed by atoms with E-state index >= 15 is 0 Å². The minimum atomic E-state index is -0.00741. The third kappa shape index (κ3) is 4.13. The lowest BCUT2D eigenvalue weighted by Gasteiger charge is -2.24. The fraction of sp³-hybridized carbons (Fsp3) is 0.310. The minimum absolute atomic E-state index is 0.00741. The van der Waals surface area contributed by atoms with Gasteiger partial charge in [0.25, 0.3) is 0 Å². The first kappa shape index (κ1) is 25.5. The standard InChI is InChI=1S/C29H31N9O2/c1-35(2)18-8-9-37(14-18)24-11-25(40-4)22(10-21(24)31)33-29-32-13-17(12-30)27(34-29)20-15-38-16-26(39)36(3)23-7-5-6-19(20)28(23)38/h5-7,10-11,13,15,18H,8-9,14,16,31H2,1-4H3,(H,32,33,34)/t18-/m1/s1. The summed E-state index contributed by atoms with van der Waals surface area (Å²) >= 11 is 0. The molecule has 0 saturated carbocycles. The van der Waals surface area contributed by atoms with Gasteiger partial charge >= 0.3 is 0 Å². The van der Waals surface area contributed by atoms with E-state index in [4.69, 9.17) is 15.5 Å². The lowest BCUT2D eigenvalue weighted by atomic mass is 10.1. The van der Waals surface area contributed by atoms with Gasteiger partial charge in [0.2, 0.25) is 11.9 Å². The number of carbonyl (C=O) groups excluding carboxylic acids is 1. The quantitative estimate of drug-likeness (QED) is 0.356. The number of aromatic nitrogens is 3. The van der Waals surface area contributed by atoms with E-state index in [2.05, 4.69) is 40.3 Å². The van der Waals surface area contributed by atoms with Crippen LogP contribution >= 0.6 is 0 Å². The smallest absolute Gasteiger partial charge is 0.246 e. The molecule has 11 heteroatoms. The molecule has 4 heterocycles. The topological polar surface area (TPSA) is 129 Å². The molecule has 11 nitrogen and oxygen atoms in total. The van der Waals surface area contributed by atoms with Crippen LogP contribution in [0.4, 0.5) is 28.7 Å². The van der Waals surface area contributed by atoms with E-state index in [1.54, 1.807) is 19.1 Å². The summed E-state index contributed by atoms with van der Waals surface area (Å²) in [5.74, 6) is 0.904. The van der Waals surface area contributed by atoms with E-state index in [0.717, 1.165) is 47.4 Å². The van der Waals surface area contributed by atoms with Crippen molar-refractivity contribution in [2.75, 3.05) is 62.2 Å². The van der Waals surface area contributed by atoms with Crippen molar-refractivity contribution in [3.8, 4) is 23.1 Å². The van der Waals surface area contributed by atoms with Gasteiger partial charge in [0.15, 0.2) is 0 Å². The summed E-state index contributed by atoms with van der Waals surface area (Å²) in [5, 5.41) is 14.0. The van der Waals surface area contributed by atoms with Gasteiger partial charge in [-0.1, -0.05) is 12.1 Å². The van der Waals surface area contributed by atoms with E-state index < -0.39 is 0 Å². The number of carbonyl (C=O) groups is 1. The van der Waals surface area contributed by atoms with E-state index in [9.17, 15) is 10.1 Å². The molecule has 1 atom stereocenters. The molecule has 40 heavy (non-hydrogen) atoms. The first-order valence-corrected chi connectivity index (χ1v) is 13.1. The van der Waals surface area contributed by atoms with Crippen LogP contribution in [0.2, 0.25) is 0 Å². The van der Waals surface area contributed by atoms with Crippen LogP contribution in [0, 0.1) is 11.3 Å². The van der Waals surface area contributed by atoms with Gasteiger partial charge in [0, 0.05) is 49.4 Å². The van der Waals surface area contributed by atoms with Crippen molar-refractivity contribution in [3.63, 3.8) is 0 Å². The second-order valence-electron chi connectivity index (χ2n) is 10.5. The molecule has 2 aromatic heterocycles. The van der Waals surface area contributed by atoms with Crippen LogP contribution in [-0.2, 0) is 11.3 Å². The Morgan fingerprint density at radius 2 is 2.08 bits per heavy atom. The number of hydrogen-bond donors (Lipinski definition) is 2. The molecule has 2 aromatic carbocycles. The largest absolute Gasteiger partial charge is 0.494 e. The Morgan fingerprint density at radius 1 is 1.25 bits per heavy atom. The number of anilines is 5. The Labute approximate surface area is 232 Å². The number of amides is 1. The highest BCUT2D eigenvalue weighted by molar-refractivity contribution is 6.10. The zero-order chi connectivity index (χ0) is 28.1. The Morgan fingerprint density at radius 3 is 2.80 bits per heavy atom. The first-order valence-electron chi connectivity index (χ1n) is 13.1. The van der Waals surface area contributed by atoms with Gasteiger partial charge < -0.3 is 35.1 Å². The number of benzene rings is 2. The zero-order valence-electron chi connectivity index (χ0n) is 23.0. The van der Waals surface area contributed by atoms with Gasteiger partial charge in [-0.05, 0) is 32.6 Å². The molecule has 0 unspecified atom stereocenters. The van der Waals surface area contributed by atoms with Crippen molar-refractivity contribution in [3.05, 3.63) is 48.3 Å². The predicted molar refractivity (Wildman–Crippen MR) is 156 cm³/mol. The van der Waals surface area contributed by atoms with Gasteiger partial charge in [-0.2, -0.15) is 5.26 Å². The van der Waals surface area contributed by atoms with Gasteiger partial charge in [-0.15, -0.1) is 0 Å². The highest BCUT2D eigenvalue weighted by Crippen LogP contribution is 2.40. The fourth-order valence-corrected chi connectivity index (χ4v) is 5.67. The number of ether oxygens (including phenoxy) is 1. The average Bonchev–Trinajstić information content (AvgIpc) is 3.58. The number of nitrogens with zero attached hydrogens (tertiary/aromatic N) is 7. The highest BCUT2D eigenvalue weighted by atomic mass is 16.5. The first-order chi connectivity index (χ1) is 19.3. The third-order valence-corrected chi connectivity index (χ3v) is 7.91. The van der Waals surface area contributed by atoms with Crippen molar-refractivity contribution in [2.45, 2.75) is 19.0 Å². The van der Waals surface area contributed by atoms with E-state index in [-0.39, 0.29) is 12.5 Å². The van der Waals surface area contributed by atoms with Crippen LogP contribution in [0.3, 0.4) is 0 Å². The second-order valence-corrected chi connectivity index (χ2v) is 10.5. The Kier molecular flexibility index (Phi) is 6.19. The summed E-state index contributed by atoms with van der Waals surface area (Å²) < 4.78 is 7.64. The number of hydrogen-bond acceptors (Lipinski definition) is 9. The molecular weight excluding hydrogens is 506 g/mol. The lowest BCUT2D eigenvalue weighted by molar-refractivity contribution is -0.119. The molecule has 1 fully saturated rings.